The zero-order valence-corrected chi connectivity index (χ0v) is 13.6. The van der Waals surface area contributed by atoms with Gasteiger partial charge in [-0.15, -0.1) is 0 Å². The molecular weight excluding hydrogens is 272 g/mol. The normalized spacial score (nSPS) is 49.6. The Hall–Kier alpha value is 0.230. The fourth-order valence-corrected chi connectivity index (χ4v) is 5.56. The maximum absolute atomic E-state index is 11.3. The van der Waals surface area contributed by atoms with E-state index in [0.717, 1.165) is 50.9 Å². The van der Waals surface area contributed by atoms with Crippen molar-refractivity contribution in [1.29, 1.82) is 0 Å². The van der Waals surface area contributed by atoms with E-state index < -0.39 is 5.60 Å². The van der Waals surface area contributed by atoms with Gasteiger partial charge in [0.2, 0.25) is 0 Å². The molecule has 0 aromatic heterocycles. The molecule has 3 saturated heterocycles. The minimum atomic E-state index is -0.549. The highest BCUT2D eigenvalue weighted by Crippen LogP contribution is 2.48. The van der Waals surface area contributed by atoms with Gasteiger partial charge in [-0.3, -0.25) is 0 Å². The van der Waals surface area contributed by atoms with Crippen molar-refractivity contribution in [2.45, 2.75) is 69.2 Å². The van der Waals surface area contributed by atoms with E-state index in [-0.39, 0.29) is 11.2 Å². The first-order valence-electron chi connectivity index (χ1n) is 8.07. The lowest BCUT2D eigenvalue weighted by Crippen LogP contribution is -2.55. The number of hydrogen-bond acceptors (Lipinski definition) is 4. The summed E-state index contributed by atoms with van der Waals surface area (Å²) in [6.45, 7) is 5.82. The number of thioether (sulfide) groups is 1. The highest BCUT2D eigenvalue weighted by molar-refractivity contribution is 7.99. The van der Waals surface area contributed by atoms with Gasteiger partial charge in [-0.05, 0) is 50.7 Å². The second-order valence-electron chi connectivity index (χ2n) is 7.21. The lowest BCUT2D eigenvalue weighted by atomic mass is 9.68. The minimum Gasteiger partial charge on any atom is -0.389 e. The van der Waals surface area contributed by atoms with Crippen LogP contribution >= 0.6 is 11.8 Å². The van der Waals surface area contributed by atoms with Crippen molar-refractivity contribution in [2.75, 3.05) is 24.7 Å². The quantitative estimate of drug-likeness (QED) is 0.851. The highest BCUT2D eigenvalue weighted by atomic mass is 32.2. The lowest BCUT2D eigenvalue weighted by Gasteiger charge is -2.50. The standard InChI is InChI=1S/C16H28O3S/c1-3-14(2)11-16(17,5-8-18-14)13-4-7-19-15(10-13)6-9-20-12-15/h13,17H,3-12H2,1-2H3. The van der Waals surface area contributed by atoms with Crippen molar-refractivity contribution in [3.05, 3.63) is 0 Å². The molecule has 116 valence electrons. The van der Waals surface area contributed by atoms with Crippen molar-refractivity contribution in [3.63, 3.8) is 0 Å². The van der Waals surface area contributed by atoms with E-state index in [0.29, 0.717) is 12.5 Å². The summed E-state index contributed by atoms with van der Waals surface area (Å²) in [7, 11) is 0. The van der Waals surface area contributed by atoms with Gasteiger partial charge in [0, 0.05) is 18.8 Å². The molecule has 0 aliphatic carbocycles. The molecule has 1 spiro atoms. The lowest BCUT2D eigenvalue weighted by molar-refractivity contribution is -0.199. The maximum atomic E-state index is 11.3. The Morgan fingerprint density at radius 2 is 2.10 bits per heavy atom. The molecule has 3 rings (SSSR count). The third-order valence-corrected chi connectivity index (χ3v) is 6.96. The van der Waals surface area contributed by atoms with Crippen LogP contribution in [0, 0.1) is 5.92 Å². The van der Waals surface area contributed by atoms with Crippen molar-refractivity contribution < 1.29 is 14.6 Å². The Kier molecular flexibility index (Phi) is 4.13. The number of rotatable bonds is 2. The molecule has 4 atom stereocenters. The third-order valence-electron chi connectivity index (χ3n) is 5.73. The van der Waals surface area contributed by atoms with Gasteiger partial charge in [-0.2, -0.15) is 11.8 Å². The summed E-state index contributed by atoms with van der Waals surface area (Å²) in [5.41, 5.74) is -0.639. The summed E-state index contributed by atoms with van der Waals surface area (Å²) in [5, 5.41) is 11.3. The van der Waals surface area contributed by atoms with Crippen LogP contribution in [-0.4, -0.2) is 46.6 Å². The molecule has 4 unspecified atom stereocenters. The van der Waals surface area contributed by atoms with E-state index in [1.807, 2.05) is 11.8 Å². The molecule has 0 amide bonds. The SMILES string of the molecule is CCC1(C)CC(O)(C2CCOC3(CCSC3)C2)CCO1. The van der Waals surface area contributed by atoms with Crippen LogP contribution < -0.4 is 0 Å². The molecule has 0 radical (unpaired) electrons. The first kappa shape index (κ1) is 15.1. The van der Waals surface area contributed by atoms with E-state index in [1.54, 1.807) is 0 Å². The van der Waals surface area contributed by atoms with Gasteiger partial charge in [0.15, 0.2) is 0 Å². The van der Waals surface area contributed by atoms with Crippen LogP contribution in [0.4, 0.5) is 0 Å². The van der Waals surface area contributed by atoms with Crippen molar-refractivity contribution in [2.24, 2.45) is 5.92 Å². The molecule has 4 heteroatoms. The van der Waals surface area contributed by atoms with Gasteiger partial charge >= 0.3 is 0 Å². The topological polar surface area (TPSA) is 38.7 Å². The average molecular weight is 300 g/mol. The van der Waals surface area contributed by atoms with Crippen LogP contribution in [0.25, 0.3) is 0 Å². The van der Waals surface area contributed by atoms with Crippen LogP contribution in [-0.2, 0) is 9.47 Å². The fraction of sp³-hybridized carbons (Fsp3) is 1.00. The summed E-state index contributed by atoms with van der Waals surface area (Å²) in [5.74, 6) is 2.70. The molecule has 0 aromatic carbocycles. The van der Waals surface area contributed by atoms with Gasteiger partial charge in [0.25, 0.3) is 0 Å². The van der Waals surface area contributed by atoms with E-state index in [1.165, 1.54) is 5.75 Å². The molecule has 3 nitrogen and oxygen atoms in total. The highest BCUT2D eigenvalue weighted by Gasteiger charge is 2.51. The zero-order chi connectivity index (χ0) is 14.3. The van der Waals surface area contributed by atoms with Gasteiger partial charge in [0.05, 0.1) is 23.4 Å². The Bertz CT molecular complexity index is 356. The Morgan fingerprint density at radius 1 is 1.25 bits per heavy atom. The predicted octanol–water partition coefficient (Wildman–Crippen LogP) is 3.00. The first-order chi connectivity index (χ1) is 9.49. The summed E-state index contributed by atoms with van der Waals surface area (Å²) >= 11 is 2.00. The Morgan fingerprint density at radius 3 is 2.80 bits per heavy atom. The van der Waals surface area contributed by atoms with E-state index in [4.69, 9.17) is 9.47 Å². The van der Waals surface area contributed by atoms with Crippen LogP contribution in [0.15, 0.2) is 0 Å². The largest absolute Gasteiger partial charge is 0.389 e. The number of aliphatic hydroxyl groups is 1. The average Bonchev–Trinajstić information content (AvgIpc) is 2.87. The van der Waals surface area contributed by atoms with Crippen LogP contribution in [0.2, 0.25) is 0 Å². The Balaban J connectivity index is 1.73. The molecule has 3 fully saturated rings. The van der Waals surface area contributed by atoms with Crippen LogP contribution in [0.3, 0.4) is 0 Å². The summed E-state index contributed by atoms with van der Waals surface area (Å²) < 4.78 is 12.0. The fourth-order valence-electron chi connectivity index (χ4n) is 4.19. The van der Waals surface area contributed by atoms with E-state index >= 15 is 0 Å². The molecule has 0 aromatic rings. The monoisotopic (exact) mass is 300 g/mol. The second kappa shape index (κ2) is 5.45. The minimum absolute atomic E-state index is 0.0598. The maximum Gasteiger partial charge on any atom is 0.0784 e. The molecular formula is C16H28O3S. The van der Waals surface area contributed by atoms with E-state index in [2.05, 4.69) is 13.8 Å². The van der Waals surface area contributed by atoms with Crippen molar-refractivity contribution in [3.8, 4) is 0 Å². The smallest absolute Gasteiger partial charge is 0.0784 e. The summed E-state index contributed by atoms with van der Waals surface area (Å²) in [4.78, 5) is 0. The van der Waals surface area contributed by atoms with Gasteiger partial charge in [-0.25, -0.2) is 0 Å². The molecule has 1 N–H and O–H groups in total. The molecule has 3 aliphatic rings. The molecule has 0 saturated carbocycles. The second-order valence-corrected chi connectivity index (χ2v) is 8.31. The van der Waals surface area contributed by atoms with E-state index in [9.17, 15) is 5.11 Å². The Labute approximate surface area is 126 Å². The predicted molar refractivity (Wildman–Crippen MR) is 82.2 cm³/mol. The summed E-state index contributed by atoms with van der Waals surface area (Å²) in [6, 6.07) is 0. The molecule has 20 heavy (non-hydrogen) atoms. The van der Waals surface area contributed by atoms with Gasteiger partial charge in [-0.1, -0.05) is 6.92 Å². The van der Waals surface area contributed by atoms with Gasteiger partial charge in [0.1, 0.15) is 0 Å². The van der Waals surface area contributed by atoms with Crippen molar-refractivity contribution in [1.82, 2.24) is 0 Å². The third kappa shape index (κ3) is 2.77. The van der Waals surface area contributed by atoms with Crippen LogP contribution in [0.1, 0.15) is 52.4 Å². The van der Waals surface area contributed by atoms with Gasteiger partial charge < -0.3 is 14.6 Å². The molecule has 3 aliphatic heterocycles. The summed E-state index contributed by atoms with van der Waals surface area (Å²) in [6.07, 6.45) is 5.74. The molecule has 0 bridgehead atoms. The first-order valence-corrected chi connectivity index (χ1v) is 9.23. The van der Waals surface area contributed by atoms with Crippen molar-refractivity contribution >= 4 is 11.8 Å². The van der Waals surface area contributed by atoms with Crippen LogP contribution in [0.5, 0.6) is 0 Å². The number of ether oxygens (including phenoxy) is 2. The number of hydrogen-bond donors (Lipinski definition) is 1. The zero-order valence-electron chi connectivity index (χ0n) is 12.8. The molecule has 3 heterocycles.